The maximum atomic E-state index is 11.5. The lowest BCUT2D eigenvalue weighted by Gasteiger charge is -2.09. The first-order valence-electron chi connectivity index (χ1n) is 1.84. The van der Waals surface area contributed by atoms with Crippen molar-refractivity contribution in [2.75, 3.05) is 0 Å². The summed E-state index contributed by atoms with van der Waals surface area (Å²) in [4.78, 5) is 0. The minimum Gasteiger partial charge on any atom is -0.188 e. The van der Waals surface area contributed by atoms with Crippen LogP contribution in [0.25, 0.3) is 0 Å². The second-order valence-electron chi connectivity index (χ2n) is 1.44. The van der Waals surface area contributed by atoms with E-state index >= 15 is 0 Å². The van der Waals surface area contributed by atoms with Gasteiger partial charge in [0, 0.05) is 5.92 Å². The smallest absolute Gasteiger partial charge is 0.188 e. The molecule has 0 aromatic rings. The van der Waals surface area contributed by atoms with E-state index in [1.807, 2.05) is 0 Å². The van der Waals surface area contributed by atoms with E-state index in [-0.39, 0.29) is 0 Å². The lowest BCUT2D eigenvalue weighted by Crippen LogP contribution is -2.14. The normalized spacial score (nSPS) is 12.9. The molecule has 7 heavy (non-hydrogen) atoms. The summed E-state index contributed by atoms with van der Waals surface area (Å²) in [5, 5.41) is -3.14. The monoisotopic (exact) mass is 127 g/mol. The number of rotatable bonds is 1. The van der Waals surface area contributed by atoms with Crippen LogP contribution >= 0.6 is 11.6 Å². The molecule has 0 aromatic heterocycles. The summed E-state index contributed by atoms with van der Waals surface area (Å²) < 4.78 is 23.1. The number of halogens is 3. The molecule has 0 saturated heterocycles. The predicted molar refractivity (Wildman–Crippen MR) is 25.3 cm³/mol. The highest BCUT2D eigenvalue weighted by Crippen LogP contribution is 2.27. The molecule has 0 fully saturated rings. The quantitative estimate of drug-likeness (QED) is 0.474. The summed E-state index contributed by atoms with van der Waals surface area (Å²) in [5.41, 5.74) is 0. The van der Waals surface area contributed by atoms with Crippen LogP contribution in [0.15, 0.2) is 0 Å². The van der Waals surface area contributed by atoms with Crippen molar-refractivity contribution in [3.05, 3.63) is 6.92 Å². The Balaban J connectivity index is 3.54. The number of hydrogen-bond donors (Lipinski definition) is 0. The van der Waals surface area contributed by atoms with Crippen LogP contribution in [0.1, 0.15) is 6.92 Å². The topological polar surface area (TPSA) is 0 Å². The van der Waals surface area contributed by atoms with Gasteiger partial charge in [0.25, 0.3) is 0 Å². The van der Waals surface area contributed by atoms with Gasteiger partial charge in [-0.3, -0.25) is 0 Å². The Morgan fingerprint density at radius 3 is 1.86 bits per heavy atom. The summed E-state index contributed by atoms with van der Waals surface area (Å²) in [6, 6.07) is 0. The van der Waals surface area contributed by atoms with Gasteiger partial charge in [-0.25, -0.2) is 0 Å². The van der Waals surface area contributed by atoms with E-state index in [1.54, 1.807) is 0 Å². The Labute approximate surface area is 46.5 Å². The summed E-state index contributed by atoms with van der Waals surface area (Å²) >= 11 is 4.47. The molecule has 0 N–H and O–H groups in total. The fraction of sp³-hybridized carbons (Fsp3) is 0.750. The first kappa shape index (κ1) is 7.15. The van der Waals surface area contributed by atoms with Crippen molar-refractivity contribution in [2.24, 2.45) is 5.92 Å². The molecule has 3 heteroatoms. The third kappa shape index (κ3) is 2.80. The van der Waals surface area contributed by atoms with E-state index in [4.69, 9.17) is 0 Å². The standard InChI is InChI=1S/C4H6ClF2/c1-3(2)4(5,6)7/h3H,1H2,2H3. The van der Waals surface area contributed by atoms with Gasteiger partial charge in [0.15, 0.2) is 0 Å². The molecule has 0 aliphatic heterocycles. The van der Waals surface area contributed by atoms with E-state index in [1.165, 1.54) is 6.92 Å². The predicted octanol–water partition coefficient (Wildman–Crippen LogP) is 2.29. The van der Waals surface area contributed by atoms with Crippen molar-refractivity contribution >= 4 is 11.6 Å². The molecule has 0 aromatic carbocycles. The number of hydrogen-bond acceptors (Lipinski definition) is 0. The second kappa shape index (κ2) is 1.95. The largest absolute Gasteiger partial charge is 0.324 e. The zero-order valence-corrected chi connectivity index (χ0v) is 4.67. The summed E-state index contributed by atoms with van der Waals surface area (Å²) in [6.45, 7) is 4.28. The van der Waals surface area contributed by atoms with Crippen LogP contribution in [0.4, 0.5) is 8.78 Å². The van der Waals surface area contributed by atoms with Crippen molar-refractivity contribution < 1.29 is 8.78 Å². The zero-order valence-electron chi connectivity index (χ0n) is 3.92. The highest BCUT2D eigenvalue weighted by Gasteiger charge is 2.28. The van der Waals surface area contributed by atoms with Gasteiger partial charge in [0.1, 0.15) is 0 Å². The van der Waals surface area contributed by atoms with Crippen LogP contribution in [-0.2, 0) is 0 Å². The lowest BCUT2D eigenvalue weighted by atomic mass is 10.2. The molecule has 1 atom stereocenters. The van der Waals surface area contributed by atoms with Crippen LogP contribution in [0.3, 0.4) is 0 Å². The minimum atomic E-state index is -3.14. The molecule has 1 unspecified atom stereocenters. The first-order valence-corrected chi connectivity index (χ1v) is 2.22. The Hall–Kier alpha value is 0.150. The average Bonchev–Trinajstić information content (AvgIpc) is 1.31. The van der Waals surface area contributed by atoms with E-state index in [0.717, 1.165) is 0 Å². The summed E-state index contributed by atoms with van der Waals surface area (Å²) in [5.74, 6) is -1.02. The second-order valence-corrected chi connectivity index (χ2v) is 1.95. The number of alkyl halides is 3. The molecular formula is C4H6ClF2. The van der Waals surface area contributed by atoms with E-state index in [2.05, 4.69) is 18.5 Å². The molecule has 0 bridgehead atoms. The third-order valence-electron chi connectivity index (χ3n) is 0.559. The van der Waals surface area contributed by atoms with Gasteiger partial charge in [0.2, 0.25) is 0 Å². The molecule has 0 nitrogen and oxygen atoms in total. The van der Waals surface area contributed by atoms with Crippen LogP contribution in [0, 0.1) is 12.8 Å². The van der Waals surface area contributed by atoms with E-state index in [0.29, 0.717) is 0 Å². The molecular weight excluding hydrogens is 121 g/mol. The van der Waals surface area contributed by atoms with Gasteiger partial charge in [-0.05, 0) is 18.5 Å². The van der Waals surface area contributed by atoms with E-state index < -0.39 is 11.3 Å². The summed E-state index contributed by atoms with van der Waals surface area (Å²) in [6.07, 6.45) is 0. The SMILES string of the molecule is [CH2]C(C)C(F)(F)Cl. The molecule has 0 saturated carbocycles. The van der Waals surface area contributed by atoms with Crippen LogP contribution < -0.4 is 0 Å². The molecule has 1 radical (unpaired) electrons. The van der Waals surface area contributed by atoms with Crippen molar-refractivity contribution in [3.8, 4) is 0 Å². The van der Waals surface area contributed by atoms with Gasteiger partial charge in [-0.2, -0.15) is 8.78 Å². The van der Waals surface area contributed by atoms with Crippen molar-refractivity contribution in [2.45, 2.75) is 12.3 Å². The molecule has 0 heterocycles. The van der Waals surface area contributed by atoms with Crippen LogP contribution in [0.2, 0.25) is 0 Å². The van der Waals surface area contributed by atoms with Crippen LogP contribution in [0.5, 0.6) is 0 Å². The lowest BCUT2D eigenvalue weighted by molar-refractivity contribution is 0.0563. The van der Waals surface area contributed by atoms with E-state index in [9.17, 15) is 8.78 Å². The van der Waals surface area contributed by atoms with Gasteiger partial charge >= 0.3 is 5.38 Å². The fourth-order valence-electron chi connectivity index (χ4n) is 0. The summed E-state index contributed by atoms with van der Waals surface area (Å²) in [7, 11) is 0. The van der Waals surface area contributed by atoms with Gasteiger partial charge in [0.05, 0.1) is 0 Å². The average molecular weight is 128 g/mol. The maximum Gasteiger partial charge on any atom is 0.324 e. The highest BCUT2D eigenvalue weighted by atomic mass is 35.5. The molecule has 0 amide bonds. The maximum absolute atomic E-state index is 11.5. The highest BCUT2D eigenvalue weighted by molar-refractivity contribution is 6.21. The van der Waals surface area contributed by atoms with Crippen molar-refractivity contribution in [3.63, 3.8) is 0 Å². The molecule has 0 rings (SSSR count). The fourth-order valence-corrected chi connectivity index (χ4v) is 0. The van der Waals surface area contributed by atoms with Crippen molar-refractivity contribution in [1.82, 2.24) is 0 Å². The minimum absolute atomic E-state index is 1.02. The van der Waals surface area contributed by atoms with Crippen molar-refractivity contribution in [1.29, 1.82) is 0 Å². The Morgan fingerprint density at radius 2 is 1.86 bits per heavy atom. The third-order valence-corrected chi connectivity index (χ3v) is 0.931. The Bertz CT molecular complexity index is 55.2. The Kier molecular flexibility index (Phi) is 1.99. The zero-order chi connectivity index (χ0) is 6.08. The molecule has 0 spiro atoms. The molecule has 43 valence electrons. The molecule has 0 aliphatic carbocycles. The van der Waals surface area contributed by atoms with Crippen LogP contribution in [-0.4, -0.2) is 5.38 Å². The van der Waals surface area contributed by atoms with Gasteiger partial charge < -0.3 is 0 Å². The molecule has 0 aliphatic rings. The first-order chi connectivity index (χ1) is 2.94. The van der Waals surface area contributed by atoms with Gasteiger partial charge in [-0.1, -0.05) is 6.92 Å². The Morgan fingerprint density at radius 1 is 1.71 bits per heavy atom. The van der Waals surface area contributed by atoms with Gasteiger partial charge in [-0.15, -0.1) is 0 Å².